The predicted molar refractivity (Wildman–Crippen MR) is 71.9 cm³/mol. The van der Waals surface area contributed by atoms with E-state index in [9.17, 15) is 4.39 Å². The highest BCUT2D eigenvalue weighted by Gasteiger charge is 2.10. The Bertz CT molecular complexity index is 361. The highest BCUT2D eigenvalue weighted by atomic mass is 35.5. The lowest BCUT2D eigenvalue weighted by Crippen LogP contribution is -2.26. The summed E-state index contributed by atoms with van der Waals surface area (Å²) in [6, 6.07) is 2.94. The maximum Gasteiger partial charge on any atom is 0.174 e. The molecular formula is C12H16Cl2FNO2. The Morgan fingerprint density at radius 2 is 1.67 bits per heavy atom. The van der Waals surface area contributed by atoms with Gasteiger partial charge in [0, 0.05) is 18.9 Å². The lowest BCUT2D eigenvalue weighted by atomic mass is 10.3. The van der Waals surface area contributed by atoms with E-state index >= 15 is 0 Å². The van der Waals surface area contributed by atoms with Gasteiger partial charge in [0.15, 0.2) is 12.1 Å². The van der Waals surface area contributed by atoms with E-state index in [1.54, 1.807) is 0 Å². The number of hydrogen-bond acceptors (Lipinski definition) is 3. The fraction of sp³-hybridized carbons (Fsp3) is 0.500. The minimum Gasteiger partial charge on any atom is -0.380 e. The molecule has 0 aliphatic rings. The zero-order chi connectivity index (χ0) is 13.5. The maximum atomic E-state index is 13.2. The highest BCUT2D eigenvalue weighted by molar-refractivity contribution is 6.35. The summed E-state index contributed by atoms with van der Waals surface area (Å²) in [5.41, 5.74) is 0.621. The first kappa shape index (κ1) is 15.5. The zero-order valence-corrected chi connectivity index (χ0v) is 11.8. The normalized spacial score (nSPS) is 11.0. The maximum absolute atomic E-state index is 13.2. The molecule has 1 N–H and O–H groups in total. The fourth-order valence-corrected chi connectivity index (χ4v) is 1.88. The topological polar surface area (TPSA) is 30.5 Å². The molecule has 18 heavy (non-hydrogen) atoms. The second-order valence-electron chi connectivity index (χ2n) is 3.48. The van der Waals surface area contributed by atoms with Crippen molar-refractivity contribution in [1.29, 1.82) is 0 Å². The van der Waals surface area contributed by atoms with Crippen molar-refractivity contribution < 1.29 is 13.9 Å². The third-order valence-corrected chi connectivity index (χ3v) is 2.71. The number of hydrogen-bond donors (Lipinski definition) is 1. The second kappa shape index (κ2) is 7.79. The van der Waals surface area contributed by atoms with Crippen molar-refractivity contribution in [2.24, 2.45) is 0 Å². The quantitative estimate of drug-likeness (QED) is 0.610. The van der Waals surface area contributed by atoms with Crippen LogP contribution in [0.3, 0.4) is 0 Å². The molecule has 0 heterocycles. The van der Waals surface area contributed by atoms with Crippen molar-refractivity contribution in [3.8, 4) is 0 Å². The molecule has 1 rings (SSSR count). The molecule has 0 saturated carbocycles. The van der Waals surface area contributed by atoms with Crippen molar-refractivity contribution in [3.63, 3.8) is 0 Å². The Morgan fingerprint density at radius 3 is 2.11 bits per heavy atom. The molecule has 0 saturated heterocycles. The van der Waals surface area contributed by atoms with Gasteiger partial charge in [-0.1, -0.05) is 23.2 Å². The summed E-state index contributed by atoms with van der Waals surface area (Å²) in [7, 11) is 0. The van der Waals surface area contributed by atoms with E-state index in [-0.39, 0.29) is 16.3 Å². The van der Waals surface area contributed by atoms with Crippen LogP contribution in [0.5, 0.6) is 0 Å². The summed E-state index contributed by atoms with van der Waals surface area (Å²) >= 11 is 11.4. The summed E-state index contributed by atoms with van der Waals surface area (Å²) in [5, 5.41) is 3.00. The smallest absolute Gasteiger partial charge is 0.174 e. The number of benzene rings is 1. The van der Waals surface area contributed by atoms with Crippen LogP contribution in [0.2, 0.25) is 10.0 Å². The summed E-state index contributed by atoms with van der Waals surface area (Å²) in [5.74, 6) is -0.616. The first-order valence-corrected chi connectivity index (χ1v) is 6.45. The molecule has 1 aromatic rings. The van der Waals surface area contributed by atoms with E-state index in [0.717, 1.165) is 0 Å². The van der Waals surface area contributed by atoms with E-state index < -0.39 is 5.82 Å². The summed E-state index contributed by atoms with van der Waals surface area (Å²) in [6.45, 7) is 5.31. The van der Waals surface area contributed by atoms with Gasteiger partial charge in [0.25, 0.3) is 0 Å². The van der Waals surface area contributed by atoms with Crippen LogP contribution in [-0.4, -0.2) is 26.0 Å². The largest absolute Gasteiger partial charge is 0.380 e. The Hall–Kier alpha value is -0.550. The van der Waals surface area contributed by atoms with Gasteiger partial charge in [0.05, 0.1) is 16.6 Å². The zero-order valence-electron chi connectivity index (χ0n) is 10.3. The molecule has 0 aliphatic heterocycles. The molecule has 0 bridgehead atoms. The Labute approximate surface area is 116 Å². The van der Waals surface area contributed by atoms with Crippen LogP contribution >= 0.6 is 23.2 Å². The summed E-state index contributed by atoms with van der Waals surface area (Å²) < 4.78 is 23.9. The van der Waals surface area contributed by atoms with Crippen LogP contribution in [0.25, 0.3) is 0 Å². The van der Waals surface area contributed by atoms with Gasteiger partial charge in [0.2, 0.25) is 0 Å². The second-order valence-corrected chi connectivity index (χ2v) is 4.29. The minimum absolute atomic E-state index is 0.0191. The van der Waals surface area contributed by atoms with E-state index in [1.807, 2.05) is 13.8 Å². The monoisotopic (exact) mass is 295 g/mol. The lowest BCUT2D eigenvalue weighted by Gasteiger charge is -2.18. The average Bonchev–Trinajstić information content (AvgIpc) is 2.33. The van der Waals surface area contributed by atoms with Gasteiger partial charge >= 0.3 is 0 Å². The third kappa shape index (κ3) is 4.61. The Morgan fingerprint density at radius 1 is 1.17 bits per heavy atom. The van der Waals surface area contributed by atoms with E-state index in [1.165, 1.54) is 12.1 Å². The molecule has 0 radical (unpaired) electrons. The van der Waals surface area contributed by atoms with Crippen molar-refractivity contribution in [1.82, 2.24) is 0 Å². The molecule has 0 fully saturated rings. The minimum atomic E-state index is -0.616. The van der Waals surface area contributed by atoms with Gasteiger partial charge in [-0.2, -0.15) is 0 Å². The van der Waals surface area contributed by atoms with Crippen molar-refractivity contribution >= 4 is 28.9 Å². The SMILES string of the molecule is CCOC(CNc1cc(Cl)c(F)c(Cl)c1)OCC. The highest BCUT2D eigenvalue weighted by Crippen LogP contribution is 2.27. The van der Waals surface area contributed by atoms with Crippen LogP contribution in [-0.2, 0) is 9.47 Å². The van der Waals surface area contributed by atoms with Crippen LogP contribution in [0.4, 0.5) is 10.1 Å². The number of nitrogens with one attached hydrogen (secondary N) is 1. The van der Waals surface area contributed by atoms with Gasteiger partial charge in [-0.15, -0.1) is 0 Å². The van der Waals surface area contributed by atoms with Gasteiger partial charge < -0.3 is 14.8 Å². The predicted octanol–water partition coefficient (Wildman–Crippen LogP) is 3.94. The molecule has 3 nitrogen and oxygen atoms in total. The summed E-state index contributed by atoms with van der Waals surface area (Å²) in [6.07, 6.45) is -0.359. The molecular weight excluding hydrogens is 280 g/mol. The van der Waals surface area contributed by atoms with Gasteiger partial charge in [0.1, 0.15) is 0 Å². The molecule has 0 spiro atoms. The Balaban J connectivity index is 2.61. The van der Waals surface area contributed by atoms with Crippen molar-refractivity contribution in [2.75, 3.05) is 25.1 Å². The molecule has 102 valence electrons. The molecule has 1 aromatic carbocycles. The number of anilines is 1. The summed E-state index contributed by atoms with van der Waals surface area (Å²) in [4.78, 5) is 0. The molecule has 0 amide bonds. The van der Waals surface area contributed by atoms with E-state index in [4.69, 9.17) is 32.7 Å². The average molecular weight is 296 g/mol. The molecule has 0 aliphatic carbocycles. The number of rotatable bonds is 7. The molecule has 6 heteroatoms. The number of ether oxygens (including phenoxy) is 2. The van der Waals surface area contributed by atoms with Crippen LogP contribution < -0.4 is 5.32 Å². The van der Waals surface area contributed by atoms with Gasteiger partial charge in [-0.05, 0) is 26.0 Å². The van der Waals surface area contributed by atoms with Gasteiger partial charge in [-0.25, -0.2) is 4.39 Å². The lowest BCUT2D eigenvalue weighted by molar-refractivity contribution is -0.126. The third-order valence-electron chi connectivity index (χ3n) is 2.16. The van der Waals surface area contributed by atoms with E-state index in [2.05, 4.69) is 5.32 Å². The first-order valence-electron chi connectivity index (χ1n) is 5.70. The van der Waals surface area contributed by atoms with Gasteiger partial charge in [-0.3, -0.25) is 0 Å². The molecule has 0 atom stereocenters. The van der Waals surface area contributed by atoms with Crippen LogP contribution in [0.1, 0.15) is 13.8 Å². The van der Waals surface area contributed by atoms with Crippen molar-refractivity contribution in [2.45, 2.75) is 20.1 Å². The van der Waals surface area contributed by atoms with Crippen molar-refractivity contribution in [3.05, 3.63) is 28.0 Å². The first-order chi connectivity index (χ1) is 8.58. The van der Waals surface area contributed by atoms with E-state index in [0.29, 0.717) is 25.4 Å². The Kier molecular flexibility index (Phi) is 6.71. The fourth-order valence-electron chi connectivity index (χ4n) is 1.40. The van der Waals surface area contributed by atoms with Crippen LogP contribution in [0, 0.1) is 5.82 Å². The molecule has 0 aromatic heterocycles. The molecule has 0 unspecified atom stereocenters. The van der Waals surface area contributed by atoms with Crippen LogP contribution in [0.15, 0.2) is 12.1 Å². The standard InChI is InChI=1S/C12H16Cl2FNO2/c1-3-17-11(18-4-2)7-16-8-5-9(13)12(15)10(14)6-8/h5-6,11,16H,3-4,7H2,1-2H3. The number of halogens is 3.